The third-order valence-electron chi connectivity index (χ3n) is 3.72. The summed E-state index contributed by atoms with van der Waals surface area (Å²) in [4.78, 5) is 24.2. The average molecular weight is 389 g/mol. The molecule has 2 rings (SSSR count). The molecule has 2 aromatic rings. The molecule has 5 heteroatoms. The van der Waals surface area contributed by atoms with Gasteiger partial charge in [-0.1, -0.05) is 39.7 Å². The van der Waals surface area contributed by atoms with E-state index in [1.54, 1.807) is 0 Å². The summed E-state index contributed by atoms with van der Waals surface area (Å²) in [5.74, 6) is -0.667. The second-order valence-corrected chi connectivity index (χ2v) is 6.87. The van der Waals surface area contributed by atoms with Crippen molar-refractivity contribution in [3.05, 3.63) is 57.1 Å². The number of aryl methyl sites for hydroxylation is 4. The van der Waals surface area contributed by atoms with E-state index in [1.165, 1.54) is 0 Å². The van der Waals surface area contributed by atoms with Gasteiger partial charge in [-0.05, 0) is 56.5 Å². The third-order valence-corrected chi connectivity index (χ3v) is 4.57. The van der Waals surface area contributed by atoms with Gasteiger partial charge in [-0.3, -0.25) is 9.59 Å². The van der Waals surface area contributed by atoms with E-state index in [1.807, 2.05) is 58.0 Å². The van der Waals surface area contributed by atoms with Gasteiger partial charge in [-0.25, -0.2) is 0 Å². The Morgan fingerprint density at radius 2 is 1.46 bits per heavy atom. The highest BCUT2D eigenvalue weighted by atomic mass is 79.9. The molecule has 0 saturated heterocycles. The topological polar surface area (TPSA) is 58.2 Å². The van der Waals surface area contributed by atoms with Gasteiger partial charge in [-0.2, -0.15) is 0 Å². The minimum Gasteiger partial charge on any atom is -0.326 e. The van der Waals surface area contributed by atoms with Crippen molar-refractivity contribution in [2.24, 2.45) is 0 Å². The first-order valence-corrected chi connectivity index (χ1v) is 8.49. The molecule has 24 heavy (non-hydrogen) atoms. The molecule has 0 saturated carbocycles. The number of hydrogen-bond acceptors (Lipinski definition) is 2. The normalized spacial score (nSPS) is 10.4. The summed E-state index contributed by atoms with van der Waals surface area (Å²) >= 11 is 3.42. The summed E-state index contributed by atoms with van der Waals surface area (Å²) < 4.78 is 0.913. The van der Waals surface area contributed by atoms with Crippen LogP contribution in [0.25, 0.3) is 0 Å². The first-order valence-electron chi connectivity index (χ1n) is 7.70. The fraction of sp³-hybridized carbons (Fsp3) is 0.263. The van der Waals surface area contributed by atoms with E-state index in [2.05, 4.69) is 26.6 Å². The zero-order valence-corrected chi connectivity index (χ0v) is 15.9. The summed E-state index contributed by atoms with van der Waals surface area (Å²) in [5.41, 5.74) is 5.64. The minimum atomic E-state index is -0.342. The molecule has 2 N–H and O–H groups in total. The molecule has 126 valence electrons. The number of amides is 2. The van der Waals surface area contributed by atoms with Gasteiger partial charge < -0.3 is 10.6 Å². The third kappa shape index (κ3) is 4.68. The van der Waals surface area contributed by atoms with Crippen LogP contribution < -0.4 is 10.6 Å². The van der Waals surface area contributed by atoms with E-state index >= 15 is 0 Å². The van der Waals surface area contributed by atoms with Gasteiger partial charge in [0.05, 0.1) is 0 Å². The standard InChI is InChI=1S/C19H21BrN2O2/c1-11-7-13(3)19(14(4)8-11)22-18(24)10-17(23)21-15-6-5-12(2)16(20)9-15/h5-9H,10H2,1-4H3,(H,21,23)(H,22,24). The molecule has 0 heterocycles. The fourth-order valence-electron chi connectivity index (χ4n) is 2.58. The van der Waals surface area contributed by atoms with Crippen LogP contribution >= 0.6 is 15.9 Å². The Labute approximate surface area is 150 Å². The van der Waals surface area contributed by atoms with E-state index < -0.39 is 0 Å². The van der Waals surface area contributed by atoms with Crippen LogP contribution in [0, 0.1) is 27.7 Å². The molecule has 2 aromatic carbocycles. The van der Waals surface area contributed by atoms with Crippen LogP contribution in [-0.2, 0) is 9.59 Å². The molecule has 0 radical (unpaired) electrons. The largest absolute Gasteiger partial charge is 0.326 e. The van der Waals surface area contributed by atoms with Crippen LogP contribution in [0.15, 0.2) is 34.8 Å². The maximum Gasteiger partial charge on any atom is 0.233 e. The van der Waals surface area contributed by atoms with Crippen molar-refractivity contribution in [3.8, 4) is 0 Å². The second-order valence-electron chi connectivity index (χ2n) is 6.01. The quantitative estimate of drug-likeness (QED) is 0.748. The van der Waals surface area contributed by atoms with Crippen molar-refractivity contribution >= 4 is 39.1 Å². The van der Waals surface area contributed by atoms with Gasteiger partial charge in [0, 0.05) is 15.8 Å². The Balaban J connectivity index is 1.99. The van der Waals surface area contributed by atoms with Gasteiger partial charge in [0.15, 0.2) is 0 Å². The lowest BCUT2D eigenvalue weighted by Gasteiger charge is -2.13. The smallest absolute Gasteiger partial charge is 0.233 e. The number of nitrogens with one attached hydrogen (secondary N) is 2. The maximum atomic E-state index is 12.1. The molecule has 0 bridgehead atoms. The molecule has 0 unspecified atom stereocenters. The summed E-state index contributed by atoms with van der Waals surface area (Å²) in [5, 5.41) is 5.57. The number of carbonyl (C=O) groups excluding carboxylic acids is 2. The Morgan fingerprint density at radius 3 is 2.04 bits per heavy atom. The minimum absolute atomic E-state index is 0.224. The summed E-state index contributed by atoms with van der Waals surface area (Å²) in [6.07, 6.45) is -0.224. The molecular formula is C19H21BrN2O2. The van der Waals surface area contributed by atoms with Gasteiger partial charge in [0.25, 0.3) is 0 Å². The van der Waals surface area contributed by atoms with Crippen LogP contribution in [0.4, 0.5) is 11.4 Å². The number of halogens is 1. The first-order chi connectivity index (χ1) is 11.3. The van der Waals surface area contributed by atoms with E-state index in [9.17, 15) is 9.59 Å². The summed E-state index contributed by atoms with van der Waals surface area (Å²) in [6.45, 7) is 7.87. The van der Waals surface area contributed by atoms with Crippen LogP contribution in [0.3, 0.4) is 0 Å². The van der Waals surface area contributed by atoms with Crippen molar-refractivity contribution in [1.29, 1.82) is 0 Å². The maximum absolute atomic E-state index is 12.1. The molecule has 0 aliphatic heterocycles. The van der Waals surface area contributed by atoms with Crippen LogP contribution in [-0.4, -0.2) is 11.8 Å². The number of benzene rings is 2. The Morgan fingerprint density at radius 1 is 0.875 bits per heavy atom. The van der Waals surface area contributed by atoms with Crippen molar-refractivity contribution in [2.75, 3.05) is 10.6 Å². The molecular weight excluding hydrogens is 368 g/mol. The zero-order valence-electron chi connectivity index (χ0n) is 14.3. The number of rotatable bonds is 4. The van der Waals surface area contributed by atoms with E-state index in [4.69, 9.17) is 0 Å². The van der Waals surface area contributed by atoms with Crippen molar-refractivity contribution in [1.82, 2.24) is 0 Å². The Hall–Kier alpha value is -2.14. The van der Waals surface area contributed by atoms with Crippen LogP contribution in [0.2, 0.25) is 0 Å². The van der Waals surface area contributed by atoms with Gasteiger partial charge in [0.1, 0.15) is 6.42 Å². The lowest BCUT2D eigenvalue weighted by molar-refractivity contribution is -0.123. The van der Waals surface area contributed by atoms with Crippen molar-refractivity contribution in [3.63, 3.8) is 0 Å². The number of carbonyl (C=O) groups is 2. The number of hydrogen-bond donors (Lipinski definition) is 2. The SMILES string of the molecule is Cc1cc(C)c(NC(=O)CC(=O)Nc2ccc(C)c(Br)c2)c(C)c1. The van der Waals surface area contributed by atoms with E-state index in [0.717, 1.165) is 32.4 Å². The van der Waals surface area contributed by atoms with Gasteiger partial charge in [0.2, 0.25) is 11.8 Å². The molecule has 4 nitrogen and oxygen atoms in total. The van der Waals surface area contributed by atoms with Crippen molar-refractivity contribution in [2.45, 2.75) is 34.1 Å². The van der Waals surface area contributed by atoms with Crippen LogP contribution in [0.1, 0.15) is 28.7 Å². The molecule has 2 amide bonds. The monoisotopic (exact) mass is 388 g/mol. The van der Waals surface area contributed by atoms with E-state index in [-0.39, 0.29) is 18.2 Å². The lowest BCUT2D eigenvalue weighted by Crippen LogP contribution is -2.22. The molecule has 0 fully saturated rings. The van der Waals surface area contributed by atoms with Crippen LogP contribution in [0.5, 0.6) is 0 Å². The zero-order chi connectivity index (χ0) is 17.9. The molecule has 0 aliphatic carbocycles. The van der Waals surface area contributed by atoms with E-state index in [0.29, 0.717) is 5.69 Å². The lowest BCUT2D eigenvalue weighted by atomic mass is 10.0. The highest BCUT2D eigenvalue weighted by Crippen LogP contribution is 2.23. The van der Waals surface area contributed by atoms with Gasteiger partial charge >= 0.3 is 0 Å². The summed E-state index contributed by atoms with van der Waals surface area (Å²) in [6, 6.07) is 9.54. The Kier molecular flexibility index (Phi) is 5.78. The molecule has 0 spiro atoms. The highest BCUT2D eigenvalue weighted by molar-refractivity contribution is 9.10. The number of anilines is 2. The molecule has 0 atom stereocenters. The average Bonchev–Trinajstić information content (AvgIpc) is 2.46. The first kappa shape index (κ1) is 18.2. The predicted molar refractivity (Wildman–Crippen MR) is 101 cm³/mol. The molecule has 0 aromatic heterocycles. The predicted octanol–water partition coefficient (Wildman–Crippen LogP) is 4.65. The second kappa shape index (κ2) is 7.62. The fourth-order valence-corrected chi connectivity index (χ4v) is 2.96. The Bertz CT molecular complexity index is 777. The highest BCUT2D eigenvalue weighted by Gasteiger charge is 2.13. The molecule has 0 aliphatic rings. The van der Waals surface area contributed by atoms with Crippen molar-refractivity contribution < 1.29 is 9.59 Å². The van der Waals surface area contributed by atoms with Gasteiger partial charge in [-0.15, -0.1) is 0 Å². The summed E-state index contributed by atoms with van der Waals surface area (Å²) in [7, 11) is 0.